The molecule has 1 aromatic carbocycles. The number of likely N-dealkylation sites (tertiary alicyclic amines) is 1. The molecule has 27 heavy (non-hydrogen) atoms. The van der Waals surface area contributed by atoms with Crippen LogP contribution in [0, 0.1) is 5.92 Å². The van der Waals surface area contributed by atoms with Crippen molar-refractivity contribution in [3.05, 3.63) is 59.5 Å². The van der Waals surface area contributed by atoms with Gasteiger partial charge in [0.05, 0.1) is 17.4 Å². The molecule has 5 nitrogen and oxygen atoms in total. The summed E-state index contributed by atoms with van der Waals surface area (Å²) in [7, 11) is 0. The van der Waals surface area contributed by atoms with Gasteiger partial charge in [0.15, 0.2) is 0 Å². The van der Waals surface area contributed by atoms with Crippen LogP contribution in [0.25, 0.3) is 0 Å². The molecule has 2 amide bonds. The molecule has 144 valence electrons. The Labute approximate surface area is 154 Å². The largest absolute Gasteiger partial charge is 0.472 e. The average molecular weight is 380 g/mol. The third-order valence-corrected chi connectivity index (χ3v) is 4.70. The Balaban J connectivity index is 1.46. The standard InChI is InChI=1S/C19H19F3N2O3/c20-19(21,22)16-3-1-14(2-4-16)17(25)23-11-13-5-8-24(9-6-13)18(26)15-7-10-27-12-15/h1-4,7,10,12-13H,5-6,8-9,11H2,(H,23,25). The fourth-order valence-corrected chi connectivity index (χ4v) is 3.06. The number of benzene rings is 1. The molecular formula is C19H19F3N2O3. The van der Waals surface area contributed by atoms with Gasteiger partial charge in [0.25, 0.3) is 11.8 Å². The number of carbonyl (C=O) groups is 2. The second-order valence-electron chi connectivity index (χ2n) is 6.53. The van der Waals surface area contributed by atoms with Crippen LogP contribution in [0.1, 0.15) is 39.1 Å². The van der Waals surface area contributed by atoms with Crippen LogP contribution in [0.4, 0.5) is 13.2 Å². The molecular weight excluding hydrogens is 361 g/mol. The second-order valence-corrected chi connectivity index (χ2v) is 6.53. The Morgan fingerprint density at radius 3 is 2.30 bits per heavy atom. The number of alkyl halides is 3. The van der Waals surface area contributed by atoms with E-state index in [0.29, 0.717) is 25.2 Å². The highest BCUT2D eigenvalue weighted by Crippen LogP contribution is 2.29. The number of amides is 2. The van der Waals surface area contributed by atoms with Gasteiger partial charge in [0.2, 0.25) is 0 Å². The van der Waals surface area contributed by atoms with Crippen molar-refractivity contribution in [3.8, 4) is 0 Å². The van der Waals surface area contributed by atoms with Crippen LogP contribution >= 0.6 is 0 Å². The fraction of sp³-hybridized carbons (Fsp3) is 0.368. The third kappa shape index (κ3) is 4.69. The molecule has 1 fully saturated rings. The van der Waals surface area contributed by atoms with Crippen LogP contribution in [0.2, 0.25) is 0 Å². The molecule has 2 heterocycles. The molecule has 0 radical (unpaired) electrons. The average Bonchev–Trinajstić information content (AvgIpc) is 3.20. The maximum Gasteiger partial charge on any atom is 0.416 e. The third-order valence-electron chi connectivity index (χ3n) is 4.70. The lowest BCUT2D eigenvalue weighted by molar-refractivity contribution is -0.137. The molecule has 0 bridgehead atoms. The first-order valence-electron chi connectivity index (χ1n) is 8.61. The van der Waals surface area contributed by atoms with E-state index < -0.39 is 17.6 Å². The van der Waals surface area contributed by atoms with Crippen molar-refractivity contribution in [1.29, 1.82) is 0 Å². The Kier molecular flexibility index (Phi) is 5.53. The molecule has 1 aliphatic heterocycles. The minimum atomic E-state index is -4.42. The molecule has 1 saturated heterocycles. The van der Waals surface area contributed by atoms with Crippen LogP contribution in [0.5, 0.6) is 0 Å². The Hall–Kier alpha value is -2.77. The van der Waals surface area contributed by atoms with Gasteiger partial charge >= 0.3 is 6.18 Å². The number of halogens is 3. The summed E-state index contributed by atoms with van der Waals surface area (Å²) < 4.78 is 42.6. The molecule has 0 spiro atoms. The first-order valence-corrected chi connectivity index (χ1v) is 8.61. The quantitative estimate of drug-likeness (QED) is 0.882. The highest BCUT2D eigenvalue weighted by Gasteiger charge is 2.30. The zero-order valence-electron chi connectivity index (χ0n) is 14.5. The normalized spacial score (nSPS) is 15.6. The van der Waals surface area contributed by atoms with Gasteiger partial charge in [-0.1, -0.05) is 0 Å². The van der Waals surface area contributed by atoms with Gasteiger partial charge in [-0.05, 0) is 49.1 Å². The Morgan fingerprint density at radius 1 is 1.07 bits per heavy atom. The predicted molar refractivity (Wildman–Crippen MR) is 91.1 cm³/mol. The first-order chi connectivity index (χ1) is 12.8. The molecule has 1 aromatic heterocycles. The van der Waals surface area contributed by atoms with E-state index in [1.165, 1.54) is 24.7 Å². The minimum absolute atomic E-state index is 0.0732. The number of piperidine rings is 1. The van der Waals surface area contributed by atoms with Gasteiger partial charge in [0, 0.05) is 25.2 Å². The van der Waals surface area contributed by atoms with E-state index in [9.17, 15) is 22.8 Å². The monoisotopic (exact) mass is 380 g/mol. The van der Waals surface area contributed by atoms with Crippen LogP contribution in [0.3, 0.4) is 0 Å². The Bertz CT molecular complexity index is 778. The van der Waals surface area contributed by atoms with E-state index in [0.717, 1.165) is 25.0 Å². The number of carbonyl (C=O) groups excluding carboxylic acids is 2. The van der Waals surface area contributed by atoms with Gasteiger partial charge in [-0.15, -0.1) is 0 Å². The lowest BCUT2D eigenvalue weighted by Gasteiger charge is -2.31. The number of nitrogens with one attached hydrogen (secondary N) is 1. The van der Waals surface area contributed by atoms with E-state index in [-0.39, 0.29) is 17.4 Å². The summed E-state index contributed by atoms with van der Waals surface area (Å²) in [6.45, 7) is 1.60. The zero-order chi connectivity index (χ0) is 19.4. The van der Waals surface area contributed by atoms with E-state index in [1.807, 2.05) is 0 Å². The molecule has 2 aromatic rings. The number of furan rings is 1. The van der Waals surface area contributed by atoms with Crippen molar-refractivity contribution < 1.29 is 27.2 Å². The van der Waals surface area contributed by atoms with E-state index >= 15 is 0 Å². The molecule has 1 aliphatic rings. The van der Waals surface area contributed by atoms with Crippen molar-refractivity contribution in [2.75, 3.05) is 19.6 Å². The number of hydrogen-bond acceptors (Lipinski definition) is 3. The van der Waals surface area contributed by atoms with Gasteiger partial charge in [-0.25, -0.2) is 0 Å². The van der Waals surface area contributed by atoms with Crippen LogP contribution in [0.15, 0.2) is 47.3 Å². The van der Waals surface area contributed by atoms with Crippen molar-refractivity contribution in [1.82, 2.24) is 10.2 Å². The van der Waals surface area contributed by atoms with E-state index in [4.69, 9.17) is 4.42 Å². The molecule has 8 heteroatoms. The summed E-state index contributed by atoms with van der Waals surface area (Å²) in [5.74, 6) is -0.256. The molecule has 3 rings (SSSR count). The number of rotatable bonds is 4. The SMILES string of the molecule is O=C(NCC1CCN(C(=O)c2ccoc2)CC1)c1ccc(C(F)(F)F)cc1. The van der Waals surface area contributed by atoms with Crippen molar-refractivity contribution in [3.63, 3.8) is 0 Å². The van der Waals surface area contributed by atoms with Crippen LogP contribution in [-0.4, -0.2) is 36.3 Å². The van der Waals surface area contributed by atoms with E-state index in [1.54, 1.807) is 11.0 Å². The smallest absolute Gasteiger partial charge is 0.416 e. The van der Waals surface area contributed by atoms with Gasteiger partial charge in [-0.3, -0.25) is 9.59 Å². The second kappa shape index (κ2) is 7.85. The maximum absolute atomic E-state index is 12.6. The number of hydrogen-bond donors (Lipinski definition) is 1. The first kappa shape index (κ1) is 19.0. The fourth-order valence-electron chi connectivity index (χ4n) is 3.06. The van der Waals surface area contributed by atoms with Gasteiger partial charge in [-0.2, -0.15) is 13.2 Å². The minimum Gasteiger partial charge on any atom is -0.472 e. The molecule has 0 aliphatic carbocycles. The summed E-state index contributed by atoms with van der Waals surface area (Å²) in [6.07, 6.45) is -0.0555. The predicted octanol–water partition coefficient (Wildman–Crippen LogP) is 3.58. The highest BCUT2D eigenvalue weighted by atomic mass is 19.4. The van der Waals surface area contributed by atoms with Crippen molar-refractivity contribution in [2.45, 2.75) is 19.0 Å². The maximum atomic E-state index is 12.6. The lowest BCUT2D eigenvalue weighted by Crippen LogP contribution is -2.41. The summed E-state index contributed by atoms with van der Waals surface area (Å²) in [5, 5.41) is 2.76. The summed E-state index contributed by atoms with van der Waals surface area (Å²) in [6, 6.07) is 5.76. The van der Waals surface area contributed by atoms with Gasteiger partial charge < -0.3 is 14.6 Å². The van der Waals surface area contributed by atoms with E-state index in [2.05, 4.69) is 5.32 Å². The summed E-state index contributed by atoms with van der Waals surface area (Å²) in [5.41, 5.74) is -0.0756. The molecule has 0 unspecified atom stereocenters. The Morgan fingerprint density at radius 2 is 1.74 bits per heavy atom. The molecule has 0 atom stereocenters. The summed E-state index contributed by atoms with van der Waals surface area (Å²) >= 11 is 0. The summed E-state index contributed by atoms with van der Waals surface area (Å²) in [4.78, 5) is 26.1. The van der Waals surface area contributed by atoms with Crippen molar-refractivity contribution >= 4 is 11.8 Å². The molecule has 0 saturated carbocycles. The molecule has 1 N–H and O–H groups in total. The highest BCUT2D eigenvalue weighted by molar-refractivity contribution is 5.94. The van der Waals surface area contributed by atoms with Crippen LogP contribution in [-0.2, 0) is 6.18 Å². The van der Waals surface area contributed by atoms with Gasteiger partial charge in [0.1, 0.15) is 6.26 Å². The topological polar surface area (TPSA) is 62.6 Å². The van der Waals surface area contributed by atoms with Crippen LogP contribution < -0.4 is 5.32 Å². The number of nitrogens with zero attached hydrogens (tertiary/aromatic N) is 1. The van der Waals surface area contributed by atoms with Crippen molar-refractivity contribution in [2.24, 2.45) is 5.92 Å². The lowest BCUT2D eigenvalue weighted by atomic mass is 9.96. The zero-order valence-corrected chi connectivity index (χ0v) is 14.5.